The Morgan fingerprint density at radius 2 is 1.72 bits per heavy atom. The fourth-order valence-electron chi connectivity index (χ4n) is 5.40. The van der Waals surface area contributed by atoms with Crippen molar-refractivity contribution in [1.82, 2.24) is 30.0 Å². The summed E-state index contributed by atoms with van der Waals surface area (Å²) in [4.78, 5) is 13.8. The smallest absolute Gasteiger partial charge is 0.261 e. The molecule has 1 aliphatic heterocycles. The molecule has 4 aromatic heterocycles. The first-order valence-electron chi connectivity index (χ1n) is 12.7. The zero-order valence-corrected chi connectivity index (χ0v) is 20.8. The third kappa shape index (κ3) is 4.34. The lowest BCUT2D eigenvalue weighted by Crippen LogP contribution is -2.24. The predicted octanol–water partition coefficient (Wildman–Crippen LogP) is 6.82. The zero-order chi connectivity index (χ0) is 26.6. The van der Waals surface area contributed by atoms with Gasteiger partial charge in [0.2, 0.25) is 0 Å². The molecule has 1 fully saturated rings. The van der Waals surface area contributed by atoms with Crippen molar-refractivity contribution < 1.29 is 13.2 Å². The SMILES string of the molecule is Fc1ccccc1-c1cncc2[nH]c(-c3n[nH]c4ccc(-c5cncc(CN6CCC(F)(F)C6)c5)cc34)cc12. The topological polar surface area (TPSA) is 73.5 Å². The normalized spacial score (nSPS) is 15.5. The van der Waals surface area contributed by atoms with Crippen LogP contribution in [0, 0.1) is 5.82 Å². The van der Waals surface area contributed by atoms with Crippen molar-refractivity contribution in [3.05, 3.63) is 90.8 Å². The lowest BCUT2D eigenvalue weighted by molar-refractivity contribution is 0.0115. The molecular formula is C30H23F3N6. The summed E-state index contributed by atoms with van der Waals surface area (Å²) in [7, 11) is 0. The predicted molar refractivity (Wildman–Crippen MR) is 145 cm³/mol. The Hall–Kier alpha value is -4.50. The van der Waals surface area contributed by atoms with Crippen LogP contribution in [0.25, 0.3) is 55.4 Å². The third-order valence-electron chi connectivity index (χ3n) is 7.31. The highest BCUT2D eigenvalue weighted by Gasteiger charge is 2.37. The number of rotatable bonds is 5. The number of hydrogen-bond donors (Lipinski definition) is 2. The zero-order valence-electron chi connectivity index (χ0n) is 20.8. The lowest BCUT2D eigenvalue weighted by atomic mass is 10.0. The largest absolute Gasteiger partial charge is 0.352 e. The highest BCUT2D eigenvalue weighted by atomic mass is 19.3. The van der Waals surface area contributed by atoms with Crippen LogP contribution in [0.15, 0.2) is 79.4 Å². The van der Waals surface area contributed by atoms with E-state index < -0.39 is 5.92 Å². The lowest BCUT2D eigenvalue weighted by Gasteiger charge is -2.15. The third-order valence-corrected chi connectivity index (χ3v) is 7.31. The molecule has 6 nitrogen and oxygen atoms in total. The molecule has 2 N–H and O–H groups in total. The molecule has 2 aromatic carbocycles. The molecule has 6 aromatic rings. The van der Waals surface area contributed by atoms with Crippen LogP contribution in [0.1, 0.15) is 12.0 Å². The van der Waals surface area contributed by atoms with E-state index in [-0.39, 0.29) is 18.8 Å². The number of halogens is 3. The molecule has 7 rings (SSSR count). The Bertz CT molecular complexity index is 1840. The molecule has 0 saturated carbocycles. The Kier molecular flexibility index (Phi) is 5.48. The highest BCUT2D eigenvalue weighted by molar-refractivity contribution is 6.01. The van der Waals surface area contributed by atoms with Gasteiger partial charge in [0.1, 0.15) is 11.5 Å². The van der Waals surface area contributed by atoms with Crippen LogP contribution in [0.3, 0.4) is 0 Å². The highest BCUT2D eigenvalue weighted by Crippen LogP contribution is 2.36. The van der Waals surface area contributed by atoms with E-state index in [1.165, 1.54) is 6.07 Å². The van der Waals surface area contributed by atoms with Crippen LogP contribution in [-0.4, -0.2) is 49.1 Å². The molecule has 0 bridgehead atoms. The number of H-pyrrole nitrogens is 2. The minimum absolute atomic E-state index is 0.106. The van der Waals surface area contributed by atoms with Crippen LogP contribution in [0.4, 0.5) is 13.2 Å². The van der Waals surface area contributed by atoms with Crippen molar-refractivity contribution in [3.8, 4) is 33.6 Å². The van der Waals surface area contributed by atoms with E-state index in [1.54, 1.807) is 47.9 Å². The number of aromatic nitrogens is 5. The summed E-state index contributed by atoms with van der Waals surface area (Å²) < 4.78 is 41.9. The summed E-state index contributed by atoms with van der Waals surface area (Å²) in [5.41, 5.74) is 7.07. The van der Waals surface area contributed by atoms with Crippen molar-refractivity contribution in [2.24, 2.45) is 0 Å². The molecule has 194 valence electrons. The first-order chi connectivity index (χ1) is 18.9. The molecule has 0 atom stereocenters. The first kappa shape index (κ1) is 23.6. The van der Waals surface area contributed by atoms with Crippen molar-refractivity contribution in [1.29, 1.82) is 0 Å². The van der Waals surface area contributed by atoms with Crippen LogP contribution < -0.4 is 0 Å². The molecule has 0 aliphatic carbocycles. The molecule has 1 saturated heterocycles. The Labute approximate surface area is 221 Å². The number of alkyl halides is 2. The van der Waals surface area contributed by atoms with Gasteiger partial charge in [-0.2, -0.15) is 5.10 Å². The van der Waals surface area contributed by atoms with Gasteiger partial charge in [-0.15, -0.1) is 0 Å². The monoisotopic (exact) mass is 524 g/mol. The molecule has 1 aliphatic rings. The summed E-state index contributed by atoms with van der Waals surface area (Å²) in [5, 5.41) is 9.42. The van der Waals surface area contributed by atoms with Gasteiger partial charge in [-0.25, -0.2) is 13.2 Å². The number of likely N-dealkylation sites (tertiary alicyclic amines) is 1. The number of benzene rings is 2. The van der Waals surface area contributed by atoms with Gasteiger partial charge in [0.15, 0.2) is 0 Å². The summed E-state index contributed by atoms with van der Waals surface area (Å²) in [5.74, 6) is -2.93. The van der Waals surface area contributed by atoms with Crippen LogP contribution >= 0.6 is 0 Å². The van der Waals surface area contributed by atoms with Gasteiger partial charge in [0, 0.05) is 65.6 Å². The van der Waals surface area contributed by atoms with E-state index in [0.717, 1.165) is 49.9 Å². The first-order valence-corrected chi connectivity index (χ1v) is 12.7. The Balaban J connectivity index is 1.25. The maximum Gasteiger partial charge on any atom is 0.261 e. The summed E-state index contributed by atoms with van der Waals surface area (Å²) in [6.45, 7) is 0.587. The maximum atomic E-state index is 14.6. The minimum atomic E-state index is -2.62. The van der Waals surface area contributed by atoms with Crippen molar-refractivity contribution >= 4 is 21.8 Å². The second kappa shape index (κ2) is 9.06. The second-order valence-corrected chi connectivity index (χ2v) is 10.0. The quantitative estimate of drug-likeness (QED) is 0.260. The van der Waals surface area contributed by atoms with Gasteiger partial charge in [-0.1, -0.05) is 24.3 Å². The number of nitrogens with zero attached hydrogens (tertiary/aromatic N) is 4. The number of pyridine rings is 2. The minimum Gasteiger partial charge on any atom is -0.352 e. The van der Waals surface area contributed by atoms with Gasteiger partial charge in [0.25, 0.3) is 5.92 Å². The van der Waals surface area contributed by atoms with Gasteiger partial charge in [-0.3, -0.25) is 20.0 Å². The molecule has 0 radical (unpaired) electrons. The molecule has 9 heteroatoms. The standard InChI is InChI=1S/C30H23F3N6/c31-25-4-2-1-3-21(25)24-14-35-15-28-22(24)11-27(36-28)29-23-10-19(5-6-26(23)37-38-29)20-9-18(12-34-13-20)16-39-8-7-30(32,33)17-39/h1-6,9-15,36H,7-8,16-17H2,(H,37,38). The molecule has 5 heterocycles. The fraction of sp³-hybridized carbons (Fsp3) is 0.167. The Morgan fingerprint density at radius 1 is 0.846 bits per heavy atom. The van der Waals surface area contributed by atoms with Crippen LogP contribution in [-0.2, 0) is 6.54 Å². The summed E-state index contributed by atoms with van der Waals surface area (Å²) in [6, 6.07) is 16.6. The van der Waals surface area contributed by atoms with E-state index in [2.05, 4.69) is 25.1 Å². The number of fused-ring (bicyclic) bond motifs is 2. The van der Waals surface area contributed by atoms with Gasteiger partial charge < -0.3 is 4.98 Å². The summed E-state index contributed by atoms with van der Waals surface area (Å²) in [6.07, 6.45) is 6.79. The van der Waals surface area contributed by atoms with Crippen molar-refractivity contribution in [3.63, 3.8) is 0 Å². The average molecular weight is 525 g/mol. The molecule has 39 heavy (non-hydrogen) atoms. The average Bonchev–Trinajstić information content (AvgIpc) is 3.64. The van der Waals surface area contributed by atoms with E-state index >= 15 is 0 Å². The number of nitrogens with one attached hydrogen (secondary N) is 2. The number of hydrogen-bond acceptors (Lipinski definition) is 4. The van der Waals surface area contributed by atoms with Crippen molar-refractivity contribution in [2.75, 3.05) is 13.1 Å². The van der Waals surface area contributed by atoms with E-state index in [0.29, 0.717) is 24.2 Å². The van der Waals surface area contributed by atoms with E-state index in [1.807, 2.05) is 30.3 Å². The molecular weight excluding hydrogens is 501 g/mol. The molecule has 0 amide bonds. The molecule has 0 spiro atoms. The van der Waals surface area contributed by atoms with Crippen molar-refractivity contribution in [2.45, 2.75) is 18.9 Å². The van der Waals surface area contributed by atoms with E-state index in [9.17, 15) is 13.2 Å². The van der Waals surface area contributed by atoms with Crippen LogP contribution in [0.5, 0.6) is 0 Å². The fourth-order valence-corrected chi connectivity index (χ4v) is 5.40. The van der Waals surface area contributed by atoms with Gasteiger partial charge in [-0.05, 0) is 41.5 Å². The van der Waals surface area contributed by atoms with E-state index in [4.69, 9.17) is 0 Å². The Morgan fingerprint density at radius 3 is 2.56 bits per heavy atom. The van der Waals surface area contributed by atoms with Gasteiger partial charge in [0.05, 0.1) is 29.5 Å². The number of aromatic amines is 2. The summed E-state index contributed by atoms with van der Waals surface area (Å²) >= 11 is 0. The molecule has 0 unspecified atom stereocenters. The maximum absolute atomic E-state index is 14.6. The van der Waals surface area contributed by atoms with Gasteiger partial charge >= 0.3 is 0 Å². The van der Waals surface area contributed by atoms with Crippen LogP contribution in [0.2, 0.25) is 0 Å². The second-order valence-electron chi connectivity index (χ2n) is 10.0.